The van der Waals surface area contributed by atoms with Crippen molar-refractivity contribution in [2.24, 2.45) is 0 Å². The fraction of sp³-hybridized carbons (Fsp3) is 0.471. The fourth-order valence-corrected chi connectivity index (χ4v) is 3.54. The molecule has 0 radical (unpaired) electrons. The highest BCUT2D eigenvalue weighted by Gasteiger charge is 2.25. The fourth-order valence-electron chi connectivity index (χ4n) is 2.71. The Morgan fingerprint density at radius 2 is 1.54 bits per heavy atom. The molecule has 0 spiro atoms. The lowest BCUT2D eigenvalue weighted by molar-refractivity contribution is -0.127. The lowest BCUT2D eigenvalue weighted by Gasteiger charge is -2.32. The molecule has 0 aromatic heterocycles. The number of hydrogen-bond donors (Lipinski definition) is 0. The number of nitrogens with zero attached hydrogens (tertiary/aromatic N) is 2. The Morgan fingerprint density at radius 1 is 1.00 bits per heavy atom. The Balaban J connectivity index is 2.09. The summed E-state index contributed by atoms with van der Waals surface area (Å²) < 4.78 is 40.3. The van der Waals surface area contributed by atoms with Crippen molar-refractivity contribution in [3.8, 4) is 17.2 Å². The molecule has 0 aliphatic carbocycles. The van der Waals surface area contributed by atoms with Gasteiger partial charge < -0.3 is 19.1 Å². The van der Waals surface area contributed by atoms with Crippen molar-refractivity contribution in [2.45, 2.75) is 0 Å². The van der Waals surface area contributed by atoms with E-state index in [0.29, 0.717) is 43.4 Å². The molecule has 1 aromatic rings. The molecule has 1 aliphatic heterocycles. The van der Waals surface area contributed by atoms with Gasteiger partial charge in [0.1, 0.15) is 0 Å². The summed E-state index contributed by atoms with van der Waals surface area (Å²) in [6.45, 7) is 1.35. The van der Waals surface area contributed by atoms with Gasteiger partial charge in [-0.15, -0.1) is 0 Å². The van der Waals surface area contributed by atoms with E-state index >= 15 is 0 Å². The SMILES string of the molecule is COc1cc(/C=C/C(=O)N2CCN(S(C)(=O)=O)CC2)cc(OC)c1OC. The van der Waals surface area contributed by atoms with Crippen molar-refractivity contribution in [3.05, 3.63) is 23.8 Å². The van der Waals surface area contributed by atoms with Crippen LogP contribution in [0.3, 0.4) is 0 Å². The van der Waals surface area contributed by atoms with E-state index in [0.717, 1.165) is 5.56 Å². The van der Waals surface area contributed by atoms with Gasteiger partial charge in [-0.1, -0.05) is 0 Å². The molecular formula is C17H24N2O6S. The average Bonchev–Trinajstić information content (AvgIpc) is 2.64. The summed E-state index contributed by atoms with van der Waals surface area (Å²) in [6.07, 6.45) is 4.29. The number of amides is 1. The quantitative estimate of drug-likeness (QED) is 0.676. The molecule has 1 heterocycles. The van der Waals surface area contributed by atoms with E-state index in [-0.39, 0.29) is 5.91 Å². The molecule has 1 aromatic carbocycles. The van der Waals surface area contributed by atoms with Gasteiger partial charge in [-0.05, 0) is 23.8 Å². The number of ether oxygens (including phenoxy) is 3. The molecule has 2 rings (SSSR count). The number of piperazine rings is 1. The summed E-state index contributed by atoms with van der Waals surface area (Å²) in [6, 6.07) is 3.49. The molecule has 9 heteroatoms. The second kappa shape index (κ2) is 8.41. The van der Waals surface area contributed by atoms with Crippen LogP contribution in [-0.2, 0) is 14.8 Å². The Morgan fingerprint density at radius 3 is 1.96 bits per heavy atom. The number of hydrogen-bond acceptors (Lipinski definition) is 6. The Kier molecular flexibility index (Phi) is 6.49. The minimum atomic E-state index is -3.21. The zero-order valence-corrected chi connectivity index (χ0v) is 16.2. The van der Waals surface area contributed by atoms with Gasteiger partial charge in [-0.25, -0.2) is 8.42 Å². The molecule has 1 aliphatic rings. The largest absolute Gasteiger partial charge is 0.493 e. The van der Waals surface area contributed by atoms with E-state index in [1.165, 1.54) is 38.0 Å². The first kappa shape index (κ1) is 20.1. The van der Waals surface area contributed by atoms with E-state index in [9.17, 15) is 13.2 Å². The first-order valence-electron chi connectivity index (χ1n) is 8.02. The zero-order chi connectivity index (χ0) is 19.3. The third kappa shape index (κ3) is 4.67. The van der Waals surface area contributed by atoms with Crippen LogP contribution in [0.15, 0.2) is 18.2 Å². The maximum atomic E-state index is 12.3. The number of sulfonamides is 1. The van der Waals surface area contributed by atoms with Crippen LogP contribution in [0.5, 0.6) is 17.2 Å². The molecule has 8 nitrogen and oxygen atoms in total. The summed E-state index contributed by atoms with van der Waals surface area (Å²) in [5.74, 6) is 1.31. The minimum absolute atomic E-state index is 0.174. The molecule has 0 unspecified atom stereocenters. The molecule has 0 atom stereocenters. The topological polar surface area (TPSA) is 85.4 Å². The van der Waals surface area contributed by atoms with Gasteiger partial charge in [0.2, 0.25) is 21.7 Å². The van der Waals surface area contributed by atoms with Crippen molar-refractivity contribution in [2.75, 3.05) is 53.8 Å². The average molecular weight is 384 g/mol. The predicted octanol–water partition coefficient (Wildman–Crippen LogP) is 0.829. The lowest BCUT2D eigenvalue weighted by atomic mass is 10.1. The van der Waals surface area contributed by atoms with Gasteiger partial charge in [-0.3, -0.25) is 4.79 Å². The highest BCUT2D eigenvalue weighted by atomic mass is 32.2. The maximum Gasteiger partial charge on any atom is 0.246 e. The normalized spacial score (nSPS) is 15.9. The summed E-state index contributed by atoms with van der Waals surface area (Å²) >= 11 is 0. The Bertz CT molecular complexity index is 757. The molecule has 0 bridgehead atoms. The van der Waals surface area contributed by atoms with Crippen LogP contribution in [0.25, 0.3) is 6.08 Å². The van der Waals surface area contributed by atoms with Crippen molar-refractivity contribution in [3.63, 3.8) is 0 Å². The highest BCUT2D eigenvalue weighted by molar-refractivity contribution is 7.88. The van der Waals surface area contributed by atoms with Crippen molar-refractivity contribution in [1.29, 1.82) is 0 Å². The molecule has 1 saturated heterocycles. The summed E-state index contributed by atoms with van der Waals surface area (Å²) in [5, 5.41) is 0. The van der Waals surface area contributed by atoms with E-state index in [1.54, 1.807) is 23.1 Å². The Hall–Kier alpha value is -2.26. The van der Waals surface area contributed by atoms with Crippen LogP contribution in [0.1, 0.15) is 5.56 Å². The molecular weight excluding hydrogens is 360 g/mol. The summed E-state index contributed by atoms with van der Waals surface area (Å²) in [4.78, 5) is 14.0. The van der Waals surface area contributed by atoms with Crippen molar-refractivity contribution < 1.29 is 27.4 Å². The van der Waals surface area contributed by atoms with Gasteiger partial charge in [0.05, 0.1) is 27.6 Å². The predicted molar refractivity (Wildman–Crippen MR) is 98.1 cm³/mol. The van der Waals surface area contributed by atoms with Crippen LogP contribution in [0, 0.1) is 0 Å². The first-order chi connectivity index (χ1) is 12.3. The van der Waals surface area contributed by atoms with Crippen molar-refractivity contribution in [1.82, 2.24) is 9.21 Å². The van der Waals surface area contributed by atoms with E-state index in [4.69, 9.17) is 14.2 Å². The third-order valence-electron chi connectivity index (χ3n) is 4.12. The van der Waals surface area contributed by atoms with Crippen LogP contribution in [-0.4, -0.2) is 77.3 Å². The second-order valence-corrected chi connectivity index (χ2v) is 7.76. The summed E-state index contributed by atoms with van der Waals surface area (Å²) in [5.41, 5.74) is 0.725. The number of carbonyl (C=O) groups excluding carboxylic acids is 1. The van der Waals surface area contributed by atoms with E-state index in [2.05, 4.69) is 0 Å². The van der Waals surface area contributed by atoms with Gasteiger partial charge in [0, 0.05) is 32.3 Å². The molecule has 144 valence electrons. The van der Waals surface area contributed by atoms with Gasteiger partial charge in [0.15, 0.2) is 11.5 Å². The van der Waals surface area contributed by atoms with Gasteiger partial charge in [0.25, 0.3) is 0 Å². The number of rotatable bonds is 6. The van der Waals surface area contributed by atoms with E-state index in [1.807, 2.05) is 0 Å². The maximum absolute atomic E-state index is 12.3. The van der Waals surface area contributed by atoms with E-state index < -0.39 is 10.0 Å². The van der Waals surface area contributed by atoms with Crippen molar-refractivity contribution >= 4 is 22.0 Å². The van der Waals surface area contributed by atoms with Crippen LogP contribution >= 0.6 is 0 Å². The van der Waals surface area contributed by atoms with Crippen LogP contribution in [0.4, 0.5) is 0 Å². The minimum Gasteiger partial charge on any atom is -0.493 e. The van der Waals surface area contributed by atoms with Gasteiger partial charge >= 0.3 is 0 Å². The monoisotopic (exact) mass is 384 g/mol. The van der Waals surface area contributed by atoms with Gasteiger partial charge in [-0.2, -0.15) is 4.31 Å². The molecule has 26 heavy (non-hydrogen) atoms. The van der Waals surface area contributed by atoms with Crippen LogP contribution in [0.2, 0.25) is 0 Å². The summed E-state index contributed by atoms with van der Waals surface area (Å²) in [7, 11) is 1.36. The number of benzene rings is 1. The smallest absolute Gasteiger partial charge is 0.246 e. The third-order valence-corrected chi connectivity index (χ3v) is 5.43. The molecule has 0 saturated carbocycles. The number of carbonyl (C=O) groups is 1. The highest BCUT2D eigenvalue weighted by Crippen LogP contribution is 2.38. The lowest BCUT2D eigenvalue weighted by Crippen LogP contribution is -2.49. The van der Waals surface area contributed by atoms with Crippen LogP contribution < -0.4 is 14.2 Å². The standard InChI is InChI=1S/C17H24N2O6S/c1-23-14-11-13(12-15(24-2)17(14)25-3)5-6-16(20)18-7-9-19(10-8-18)26(4,21)22/h5-6,11-12H,7-10H2,1-4H3/b6-5+. The molecule has 1 amide bonds. The zero-order valence-electron chi connectivity index (χ0n) is 15.4. The number of methoxy groups -OCH3 is 3. The molecule has 1 fully saturated rings. The Labute approximate surface area is 154 Å². The first-order valence-corrected chi connectivity index (χ1v) is 9.87. The second-order valence-electron chi connectivity index (χ2n) is 5.78. The molecule has 0 N–H and O–H groups in total.